The zero-order chi connectivity index (χ0) is 24.0. The number of rotatable bonds is 9. The monoisotopic (exact) mass is 532 g/mol. The highest BCUT2D eigenvalue weighted by atomic mass is 79.9. The van der Waals surface area contributed by atoms with Gasteiger partial charge in [0.15, 0.2) is 0 Å². The summed E-state index contributed by atoms with van der Waals surface area (Å²) in [6, 6.07) is 12.2. The van der Waals surface area contributed by atoms with Crippen LogP contribution in [-0.2, 0) is 4.79 Å². The maximum Gasteiger partial charge on any atom is 0.270 e. The molecule has 172 valence electrons. The van der Waals surface area contributed by atoms with Gasteiger partial charge in [0, 0.05) is 27.9 Å². The van der Waals surface area contributed by atoms with Gasteiger partial charge in [0.2, 0.25) is 11.1 Å². The van der Waals surface area contributed by atoms with Crippen molar-refractivity contribution in [3.8, 4) is 0 Å². The number of H-pyrrole nitrogens is 1. The fourth-order valence-electron chi connectivity index (χ4n) is 2.86. The Kier molecular flexibility index (Phi) is 8.17. The van der Waals surface area contributed by atoms with Crippen molar-refractivity contribution < 1.29 is 14.5 Å². The highest BCUT2D eigenvalue weighted by Gasteiger charge is 2.24. The number of hydrogen-bond acceptors (Lipinski definition) is 7. The van der Waals surface area contributed by atoms with Gasteiger partial charge < -0.3 is 10.6 Å². The van der Waals surface area contributed by atoms with E-state index in [0.29, 0.717) is 16.7 Å². The summed E-state index contributed by atoms with van der Waals surface area (Å²) >= 11 is 4.50. The van der Waals surface area contributed by atoms with Gasteiger partial charge in [-0.3, -0.25) is 24.8 Å². The molecule has 1 heterocycles. The number of carbonyl (C=O) groups is 2. The molecule has 0 saturated heterocycles. The fraction of sp³-hybridized carbons (Fsp3) is 0.238. The van der Waals surface area contributed by atoms with E-state index in [-0.39, 0.29) is 28.8 Å². The number of nitro benzene ring substituents is 1. The van der Waals surface area contributed by atoms with Crippen LogP contribution in [0.15, 0.2) is 58.2 Å². The molecule has 0 fully saturated rings. The van der Waals surface area contributed by atoms with Crippen molar-refractivity contribution in [1.29, 1.82) is 0 Å². The van der Waals surface area contributed by atoms with Crippen LogP contribution in [0.25, 0.3) is 0 Å². The summed E-state index contributed by atoms with van der Waals surface area (Å²) in [5, 5.41) is 23.9. The van der Waals surface area contributed by atoms with Crippen molar-refractivity contribution in [3.63, 3.8) is 0 Å². The molecule has 3 rings (SSSR count). The van der Waals surface area contributed by atoms with Crippen LogP contribution in [0.1, 0.15) is 36.1 Å². The Hall–Kier alpha value is -3.25. The SMILES string of the molecule is CC(C)[C@H](NC(=O)c1cccc([N+](=O)[O-])c1)c1nc(SCC(=O)Nc2ccc(Br)cc2)n[nH]1. The Morgan fingerprint density at radius 2 is 1.94 bits per heavy atom. The van der Waals surface area contributed by atoms with Crippen LogP contribution in [0.3, 0.4) is 0 Å². The molecule has 2 aromatic carbocycles. The van der Waals surface area contributed by atoms with E-state index >= 15 is 0 Å². The molecule has 3 N–H and O–H groups in total. The standard InChI is InChI=1S/C21H21BrN6O4S/c1-12(2)18(24-20(30)13-4-3-5-16(10-13)28(31)32)19-25-21(27-26-19)33-11-17(29)23-15-8-6-14(22)7-9-15/h3-10,12,18H,11H2,1-2H3,(H,23,29)(H,24,30)(H,25,26,27)/t18-/m0/s1. The molecule has 0 unspecified atom stereocenters. The van der Waals surface area contributed by atoms with Gasteiger partial charge in [0.25, 0.3) is 11.6 Å². The Bertz CT molecular complexity index is 1150. The number of halogens is 1. The Morgan fingerprint density at radius 3 is 2.61 bits per heavy atom. The summed E-state index contributed by atoms with van der Waals surface area (Å²) in [6.45, 7) is 3.80. The summed E-state index contributed by atoms with van der Waals surface area (Å²) in [7, 11) is 0. The lowest BCUT2D eigenvalue weighted by atomic mass is 10.0. The molecule has 0 radical (unpaired) electrons. The molecule has 33 heavy (non-hydrogen) atoms. The van der Waals surface area contributed by atoms with Crippen LogP contribution in [0.5, 0.6) is 0 Å². The van der Waals surface area contributed by atoms with Gasteiger partial charge >= 0.3 is 0 Å². The van der Waals surface area contributed by atoms with E-state index < -0.39 is 16.9 Å². The summed E-state index contributed by atoms with van der Waals surface area (Å²) in [5.41, 5.74) is 0.695. The predicted octanol–water partition coefficient (Wildman–Crippen LogP) is 4.33. The van der Waals surface area contributed by atoms with Crippen LogP contribution in [0.4, 0.5) is 11.4 Å². The number of non-ortho nitro benzene ring substituents is 1. The Balaban J connectivity index is 1.61. The van der Waals surface area contributed by atoms with Crippen LogP contribution in [-0.4, -0.2) is 37.7 Å². The first-order chi connectivity index (χ1) is 15.7. The minimum absolute atomic E-state index is 0.0425. The fourth-order valence-corrected chi connectivity index (χ4v) is 3.73. The van der Waals surface area contributed by atoms with Gasteiger partial charge in [-0.25, -0.2) is 4.98 Å². The molecule has 2 amide bonds. The summed E-state index contributed by atoms with van der Waals surface area (Å²) in [4.78, 5) is 39.7. The third-order valence-electron chi connectivity index (χ3n) is 4.51. The molecule has 10 nitrogen and oxygen atoms in total. The van der Waals surface area contributed by atoms with Gasteiger partial charge in [-0.15, -0.1) is 5.10 Å². The number of thioether (sulfide) groups is 1. The lowest BCUT2D eigenvalue weighted by Gasteiger charge is -2.19. The first-order valence-electron chi connectivity index (χ1n) is 9.88. The van der Waals surface area contributed by atoms with E-state index in [2.05, 4.69) is 41.7 Å². The highest BCUT2D eigenvalue weighted by molar-refractivity contribution is 9.10. The van der Waals surface area contributed by atoms with Crippen molar-refractivity contribution in [2.24, 2.45) is 5.92 Å². The van der Waals surface area contributed by atoms with Crippen LogP contribution in [0, 0.1) is 16.0 Å². The van der Waals surface area contributed by atoms with Crippen molar-refractivity contribution in [1.82, 2.24) is 20.5 Å². The third kappa shape index (κ3) is 6.86. The van der Waals surface area contributed by atoms with Gasteiger partial charge in [0.1, 0.15) is 5.82 Å². The van der Waals surface area contributed by atoms with E-state index in [1.807, 2.05) is 26.0 Å². The maximum absolute atomic E-state index is 12.7. The number of amides is 2. The predicted molar refractivity (Wildman–Crippen MR) is 128 cm³/mol. The van der Waals surface area contributed by atoms with Crippen molar-refractivity contribution in [3.05, 3.63) is 74.5 Å². The molecule has 1 aromatic heterocycles. The number of benzene rings is 2. The number of anilines is 1. The van der Waals surface area contributed by atoms with Crippen molar-refractivity contribution in [2.75, 3.05) is 11.1 Å². The molecule has 0 spiro atoms. The molecule has 3 aromatic rings. The van der Waals surface area contributed by atoms with Crippen molar-refractivity contribution in [2.45, 2.75) is 25.0 Å². The number of aromatic amines is 1. The number of nitrogens with zero attached hydrogens (tertiary/aromatic N) is 3. The second kappa shape index (κ2) is 11.1. The maximum atomic E-state index is 12.7. The summed E-state index contributed by atoms with van der Waals surface area (Å²) in [6.07, 6.45) is 0. The highest BCUT2D eigenvalue weighted by Crippen LogP contribution is 2.23. The molecule has 12 heteroatoms. The molecule has 0 aliphatic rings. The average Bonchev–Trinajstić information content (AvgIpc) is 3.26. The lowest BCUT2D eigenvalue weighted by molar-refractivity contribution is -0.384. The van der Waals surface area contributed by atoms with Crippen LogP contribution in [0.2, 0.25) is 0 Å². The van der Waals surface area contributed by atoms with Crippen LogP contribution < -0.4 is 10.6 Å². The average molecular weight is 533 g/mol. The lowest BCUT2D eigenvalue weighted by Crippen LogP contribution is -2.32. The number of aromatic nitrogens is 3. The minimum atomic E-state index is -0.552. The van der Waals surface area contributed by atoms with E-state index in [1.165, 1.54) is 24.3 Å². The minimum Gasteiger partial charge on any atom is -0.342 e. The molecular formula is C21H21BrN6O4S. The molecule has 0 bridgehead atoms. The van der Waals surface area contributed by atoms with Gasteiger partial charge in [-0.1, -0.05) is 47.6 Å². The smallest absolute Gasteiger partial charge is 0.270 e. The van der Waals surface area contributed by atoms with Gasteiger partial charge in [0.05, 0.1) is 16.7 Å². The van der Waals surface area contributed by atoms with E-state index in [0.717, 1.165) is 16.2 Å². The normalized spacial score (nSPS) is 11.8. The first kappa shape index (κ1) is 24.4. The molecule has 0 aliphatic heterocycles. The Labute approximate surface area is 202 Å². The third-order valence-corrected chi connectivity index (χ3v) is 5.89. The number of hydrogen-bond donors (Lipinski definition) is 3. The molecular weight excluding hydrogens is 512 g/mol. The van der Waals surface area contributed by atoms with E-state index in [4.69, 9.17) is 0 Å². The zero-order valence-corrected chi connectivity index (χ0v) is 20.1. The summed E-state index contributed by atoms with van der Waals surface area (Å²) in [5.74, 6) is -0.164. The van der Waals surface area contributed by atoms with E-state index in [9.17, 15) is 19.7 Å². The van der Waals surface area contributed by atoms with Crippen molar-refractivity contribution >= 4 is 50.9 Å². The zero-order valence-electron chi connectivity index (χ0n) is 17.7. The Morgan fingerprint density at radius 1 is 1.21 bits per heavy atom. The quantitative estimate of drug-likeness (QED) is 0.211. The van der Waals surface area contributed by atoms with Gasteiger partial charge in [-0.2, -0.15) is 0 Å². The number of carbonyl (C=O) groups excluding carboxylic acids is 2. The summed E-state index contributed by atoms with van der Waals surface area (Å²) < 4.78 is 0.917. The number of nitrogens with one attached hydrogen (secondary N) is 3. The largest absolute Gasteiger partial charge is 0.342 e. The second-order valence-corrected chi connectivity index (χ2v) is 9.21. The number of nitro groups is 1. The first-order valence-corrected chi connectivity index (χ1v) is 11.7. The van der Waals surface area contributed by atoms with Crippen LogP contribution >= 0.6 is 27.7 Å². The van der Waals surface area contributed by atoms with Gasteiger partial charge in [-0.05, 0) is 36.2 Å². The second-order valence-electron chi connectivity index (χ2n) is 7.35. The molecule has 0 saturated carbocycles. The van der Waals surface area contributed by atoms with E-state index in [1.54, 1.807) is 12.1 Å². The topological polar surface area (TPSA) is 143 Å². The molecule has 1 atom stereocenters. The molecule has 0 aliphatic carbocycles.